The molecule has 0 atom stereocenters. The lowest BCUT2D eigenvalue weighted by atomic mass is 9.73. The summed E-state index contributed by atoms with van der Waals surface area (Å²) in [6, 6.07) is 5.23. The van der Waals surface area contributed by atoms with Crippen LogP contribution in [-0.2, 0) is 17.8 Å². The van der Waals surface area contributed by atoms with E-state index in [1.54, 1.807) is 12.1 Å². The molecule has 0 saturated carbocycles. The van der Waals surface area contributed by atoms with E-state index in [-0.39, 0.29) is 18.5 Å². The summed E-state index contributed by atoms with van der Waals surface area (Å²) in [4.78, 5) is 13.5. The smallest absolute Gasteiger partial charge is 0.377 e. The number of hydrogen-bond donors (Lipinski definition) is 0. The van der Waals surface area contributed by atoms with Crippen LogP contribution in [0.15, 0.2) is 30.6 Å². The molecule has 14 heteroatoms. The number of halogens is 5. The molecular formula is C23H21ClF4N8O. The third kappa shape index (κ3) is 3.43. The van der Waals surface area contributed by atoms with Gasteiger partial charge in [0.1, 0.15) is 0 Å². The highest BCUT2D eigenvalue weighted by Crippen LogP contribution is 2.46. The van der Waals surface area contributed by atoms with Crippen molar-refractivity contribution in [1.82, 2.24) is 29.6 Å². The summed E-state index contributed by atoms with van der Waals surface area (Å²) in [5, 5.41) is 9.18. The normalized spacial score (nSPS) is 22.0. The molecule has 9 nitrogen and oxygen atoms in total. The molecule has 37 heavy (non-hydrogen) atoms. The third-order valence-corrected chi connectivity index (χ3v) is 8.02. The van der Waals surface area contributed by atoms with Crippen LogP contribution in [0.5, 0.6) is 0 Å². The summed E-state index contributed by atoms with van der Waals surface area (Å²) in [6.45, 7) is 2.04. The molecule has 0 radical (unpaired) electrons. The van der Waals surface area contributed by atoms with Crippen LogP contribution in [0.3, 0.4) is 0 Å². The largest absolute Gasteiger partial charge is 0.411 e. The Morgan fingerprint density at radius 3 is 2.30 bits per heavy atom. The van der Waals surface area contributed by atoms with Crippen LogP contribution in [0.1, 0.15) is 11.4 Å². The Bertz CT molecular complexity index is 1360. The predicted octanol–water partition coefficient (Wildman–Crippen LogP) is 2.82. The number of fused-ring (bicyclic) bond motifs is 3. The van der Waals surface area contributed by atoms with Crippen LogP contribution in [0, 0.1) is 11.2 Å². The molecule has 0 unspecified atom stereocenters. The summed E-state index contributed by atoms with van der Waals surface area (Å²) >= 11 is 6.26. The lowest BCUT2D eigenvalue weighted by Crippen LogP contribution is -2.73. The number of nitrogens with zero attached hydrogens (tertiary/aromatic N) is 8. The molecule has 1 aromatic carbocycles. The molecule has 2 aromatic heterocycles. The van der Waals surface area contributed by atoms with Crippen molar-refractivity contribution in [2.75, 3.05) is 49.2 Å². The van der Waals surface area contributed by atoms with Gasteiger partial charge in [-0.05, 0) is 23.8 Å². The molecule has 4 aliphatic heterocycles. The second kappa shape index (κ2) is 7.74. The first-order valence-electron chi connectivity index (χ1n) is 11.8. The maximum atomic E-state index is 14.2. The van der Waals surface area contributed by atoms with Crippen LogP contribution in [0.4, 0.5) is 29.5 Å². The first-order valence-corrected chi connectivity index (χ1v) is 12.1. The Labute approximate surface area is 213 Å². The lowest BCUT2D eigenvalue weighted by Gasteiger charge is -2.60. The second-order valence-corrected chi connectivity index (χ2v) is 10.8. The van der Waals surface area contributed by atoms with Gasteiger partial charge in [0.25, 0.3) is 0 Å². The molecule has 1 spiro atoms. The maximum absolute atomic E-state index is 14.2. The van der Waals surface area contributed by atoms with Crippen molar-refractivity contribution in [3.63, 3.8) is 0 Å². The molecule has 3 fully saturated rings. The third-order valence-electron chi connectivity index (χ3n) is 7.78. The Balaban J connectivity index is 1.17. The van der Waals surface area contributed by atoms with E-state index in [1.807, 2.05) is 15.5 Å². The van der Waals surface area contributed by atoms with Gasteiger partial charge in [-0.1, -0.05) is 11.6 Å². The van der Waals surface area contributed by atoms with Crippen molar-refractivity contribution >= 4 is 23.5 Å². The van der Waals surface area contributed by atoms with Crippen molar-refractivity contribution in [2.24, 2.45) is 5.41 Å². The van der Waals surface area contributed by atoms with Gasteiger partial charge in [-0.25, -0.2) is 14.4 Å². The van der Waals surface area contributed by atoms with Gasteiger partial charge in [-0.3, -0.25) is 9.47 Å². The van der Waals surface area contributed by atoms with Gasteiger partial charge < -0.3 is 14.5 Å². The number of rotatable bonds is 3. The Kier molecular flexibility index (Phi) is 4.84. The van der Waals surface area contributed by atoms with Gasteiger partial charge >= 0.3 is 6.18 Å². The van der Waals surface area contributed by atoms with Crippen LogP contribution < -0.4 is 9.80 Å². The summed E-state index contributed by atoms with van der Waals surface area (Å²) in [6.07, 6.45) is -2.16. The first-order chi connectivity index (χ1) is 17.7. The summed E-state index contributed by atoms with van der Waals surface area (Å²) in [7, 11) is 0. The molecular weight excluding hydrogens is 516 g/mol. The minimum absolute atomic E-state index is 0.0212. The molecule has 0 N–H and O–H groups in total. The fourth-order valence-electron chi connectivity index (χ4n) is 5.79. The Morgan fingerprint density at radius 1 is 0.946 bits per heavy atom. The fraction of sp³-hybridized carbons (Fsp3) is 0.478. The molecule has 4 aliphatic rings. The van der Waals surface area contributed by atoms with Crippen molar-refractivity contribution in [1.29, 1.82) is 0 Å². The lowest BCUT2D eigenvalue weighted by molar-refractivity contribution is -0.310. The van der Waals surface area contributed by atoms with E-state index < -0.39 is 30.7 Å². The monoisotopic (exact) mass is 536 g/mol. The Morgan fingerprint density at radius 2 is 1.65 bits per heavy atom. The minimum atomic E-state index is -4.46. The number of hydrogen-bond acceptors (Lipinski definition) is 8. The van der Waals surface area contributed by atoms with Crippen LogP contribution >= 0.6 is 11.6 Å². The van der Waals surface area contributed by atoms with E-state index in [1.165, 1.54) is 4.90 Å². The van der Waals surface area contributed by atoms with Crippen molar-refractivity contribution in [2.45, 2.75) is 24.8 Å². The minimum Gasteiger partial charge on any atom is -0.377 e. The standard InChI is InChI=1S/C23H21ClF4N8O/c24-15-1-2-17-14(3-15)6-35(22(12-37-13-22)23(26,27)28)7-18-31-32-20(36(17)18)34-10-21(11-34)8-33(9-21)19-29-4-16(25)5-30-19/h1-5H,6-13H2. The molecule has 3 aromatic rings. The quantitative estimate of drug-likeness (QED) is 0.473. The average molecular weight is 537 g/mol. The summed E-state index contributed by atoms with van der Waals surface area (Å²) in [5.41, 5.74) is -0.670. The zero-order valence-electron chi connectivity index (χ0n) is 19.4. The second-order valence-electron chi connectivity index (χ2n) is 10.3. The van der Waals surface area contributed by atoms with E-state index in [4.69, 9.17) is 16.3 Å². The highest BCUT2D eigenvalue weighted by atomic mass is 35.5. The molecule has 0 amide bonds. The number of anilines is 2. The van der Waals surface area contributed by atoms with E-state index in [9.17, 15) is 17.6 Å². The molecule has 6 heterocycles. The zero-order valence-corrected chi connectivity index (χ0v) is 20.2. The number of aromatic nitrogens is 5. The number of alkyl halides is 3. The first kappa shape index (κ1) is 23.1. The Hall–Kier alpha value is -3.03. The number of ether oxygens (including phenoxy) is 1. The van der Waals surface area contributed by atoms with E-state index in [0.29, 0.717) is 41.4 Å². The molecule has 3 saturated heterocycles. The summed E-state index contributed by atoms with van der Waals surface area (Å²) < 4.78 is 62.6. The highest BCUT2D eigenvalue weighted by Gasteiger charge is 2.64. The van der Waals surface area contributed by atoms with Gasteiger partial charge in [-0.15, -0.1) is 10.2 Å². The van der Waals surface area contributed by atoms with Gasteiger partial charge in [0.05, 0.1) is 37.8 Å². The topological polar surface area (TPSA) is 75.4 Å². The molecule has 194 valence electrons. The van der Waals surface area contributed by atoms with Gasteiger partial charge in [-0.2, -0.15) is 13.2 Å². The van der Waals surface area contributed by atoms with E-state index in [2.05, 4.69) is 25.1 Å². The van der Waals surface area contributed by atoms with E-state index in [0.717, 1.165) is 31.2 Å². The van der Waals surface area contributed by atoms with Crippen LogP contribution in [0.25, 0.3) is 5.69 Å². The average Bonchev–Trinajstić information content (AvgIpc) is 3.07. The summed E-state index contributed by atoms with van der Waals surface area (Å²) in [5.74, 6) is 1.04. The SMILES string of the molecule is Fc1cnc(N2CC3(C2)CN(c2nnc4n2-c2ccc(Cl)cc2CN(C2(C(F)(F)F)COC2)C4)C3)nc1. The van der Waals surface area contributed by atoms with Crippen molar-refractivity contribution < 1.29 is 22.3 Å². The van der Waals surface area contributed by atoms with Gasteiger partial charge in [0.15, 0.2) is 17.2 Å². The maximum Gasteiger partial charge on any atom is 0.411 e. The molecule has 0 aliphatic carbocycles. The van der Waals surface area contributed by atoms with Crippen molar-refractivity contribution in [3.8, 4) is 5.69 Å². The molecule has 7 rings (SSSR count). The van der Waals surface area contributed by atoms with Crippen LogP contribution in [-0.4, -0.2) is 80.7 Å². The van der Waals surface area contributed by atoms with Gasteiger partial charge in [0, 0.05) is 43.2 Å². The fourth-order valence-corrected chi connectivity index (χ4v) is 5.99. The van der Waals surface area contributed by atoms with Gasteiger partial charge in [0.2, 0.25) is 11.9 Å². The van der Waals surface area contributed by atoms with E-state index >= 15 is 0 Å². The molecule has 0 bridgehead atoms. The van der Waals surface area contributed by atoms with Crippen molar-refractivity contribution in [3.05, 3.63) is 52.8 Å². The predicted molar refractivity (Wildman–Crippen MR) is 124 cm³/mol. The highest BCUT2D eigenvalue weighted by molar-refractivity contribution is 6.30. The zero-order chi connectivity index (χ0) is 25.6. The van der Waals surface area contributed by atoms with Crippen LogP contribution in [0.2, 0.25) is 5.02 Å². The number of benzene rings is 1.